The topological polar surface area (TPSA) is 33.2 Å². The summed E-state index contributed by atoms with van der Waals surface area (Å²) >= 11 is 5.57. The van der Waals surface area contributed by atoms with Crippen LogP contribution in [0.4, 0.5) is 0 Å². The highest BCUT2D eigenvalue weighted by Gasteiger charge is 2.15. The molecule has 0 N–H and O–H groups in total. The number of carbonyl (C=O) groups is 1. The van der Waals surface area contributed by atoms with Crippen LogP contribution in [-0.4, -0.2) is 22.8 Å². The smallest absolute Gasteiger partial charge is 0.255 e. The lowest BCUT2D eigenvalue weighted by atomic mass is 10.2. The number of carbonyl (C=O) groups excluding carboxylic acids is 1. The molecule has 0 aliphatic carbocycles. The van der Waals surface area contributed by atoms with Gasteiger partial charge in [-0.1, -0.05) is 22.0 Å². The summed E-state index contributed by atoms with van der Waals surface area (Å²) in [5.74, 6) is -0.00338. The van der Waals surface area contributed by atoms with E-state index in [1.807, 2.05) is 36.4 Å². The van der Waals surface area contributed by atoms with Crippen molar-refractivity contribution in [3.8, 4) is 0 Å². The third-order valence-electron chi connectivity index (χ3n) is 2.63. The molecule has 0 spiro atoms. The van der Waals surface area contributed by atoms with Gasteiger partial charge < -0.3 is 4.90 Å². The third kappa shape index (κ3) is 3.76. The first-order chi connectivity index (χ1) is 9.08. The number of nitrogens with zero attached hydrogens (tertiary/aromatic N) is 2. The Bertz CT molecular complexity index is 589. The summed E-state index contributed by atoms with van der Waals surface area (Å²) in [6.07, 6.45) is 1.73. The number of halogens is 2. The van der Waals surface area contributed by atoms with Crippen LogP contribution in [0.5, 0.6) is 0 Å². The van der Waals surface area contributed by atoms with Gasteiger partial charge in [0.05, 0.1) is 17.8 Å². The molecule has 2 rings (SSSR count). The second kappa shape index (κ2) is 6.47. The van der Waals surface area contributed by atoms with Crippen LogP contribution in [0.15, 0.2) is 47.1 Å². The molecule has 0 unspecified atom stereocenters. The SMILES string of the molecule is CN(Cc1ccccn1)C(=O)c1cc(Br)ccc1I. The molecular weight excluding hydrogens is 419 g/mol. The van der Waals surface area contributed by atoms with E-state index in [-0.39, 0.29) is 5.91 Å². The number of pyridine rings is 1. The summed E-state index contributed by atoms with van der Waals surface area (Å²) in [5, 5.41) is 0. The van der Waals surface area contributed by atoms with E-state index in [1.165, 1.54) is 0 Å². The van der Waals surface area contributed by atoms with Crippen molar-refractivity contribution in [2.45, 2.75) is 6.54 Å². The van der Waals surface area contributed by atoms with Crippen LogP contribution in [0.25, 0.3) is 0 Å². The van der Waals surface area contributed by atoms with Crippen molar-refractivity contribution in [2.75, 3.05) is 7.05 Å². The number of amides is 1. The second-order valence-corrected chi connectivity index (χ2v) is 6.18. The molecule has 0 bridgehead atoms. The molecule has 0 aliphatic rings. The number of aromatic nitrogens is 1. The molecule has 3 nitrogen and oxygen atoms in total. The number of benzene rings is 1. The molecule has 19 heavy (non-hydrogen) atoms. The summed E-state index contributed by atoms with van der Waals surface area (Å²) in [5.41, 5.74) is 1.58. The number of rotatable bonds is 3. The fourth-order valence-electron chi connectivity index (χ4n) is 1.67. The lowest BCUT2D eigenvalue weighted by molar-refractivity contribution is 0.0782. The molecule has 0 fully saturated rings. The average molecular weight is 431 g/mol. The van der Waals surface area contributed by atoms with E-state index in [0.717, 1.165) is 13.7 Å². The van der Waals surface area contributed by atoms with Crippen LogP contribution in [0.1, 0.15) is 16.1 Å². The summed E-state index contributed by atoms with van der Waals surface area (Å²) in [6.45, 7) is 0.502. The Hall–Kier alpha value is -0.950. The van der Waals surface area contributed by atoms with Gasteiger partial charge in [0.25, 0.3) is 5.91 Å². The Labute approximate surface area is 134 Å². The minimum Gasteiger partial charge on any atom is -0.336 e. The number of hydrogen-bond donors (Lipinski definition) is 0. The predicted octanol–water partition coefficient (Wildman–Crippen LogP) is 3.72. The molecule has 0 aliphatic heterocycles. The van der Waals surface area contributed by atoms with E-state index in [1.54, 1.807) is 18.1 Å². The van der Waals surface area contributed by atoms with Crippen molar-refractivity contribution in [3.63, 3.8) is 0 Å². The largest absolute Gasteiger partial charge is 0.336 e. The minimum atomic E-state index is -0.00338. The maximum atomic E-state index is 12.4. The summed E-state index contributed by atoms with van der Waals surface area (Å²) in [6, 6.07) is 11.4. The van der Waals surface area contributed by atoms with Crippen LogP contribution >= 0.6 is 38.5 Å². The fourth-order valence-corrected chi connectivity index (χ4v) is 2.60. The normalized spacial score (nSPS) is 10.3. The molecule has 1 aromatic carbocycles. The quantitative estimate of drug-likeness (QED) is 0.695. The Balaban J connectivity index is 2.17. The van der Waals surface area contributed by atoms with Gasteiger partial charge in [-0.2, -0.15) is 0 Å². The first kappa shape index (κ1) is 14.5. The van der Waals surface area contributed by atoms with Crippen molar-refractivity contribution in [2.24, 2.45) is 0 Å². The Kier molecular flexibility index (Phi) is 4.93. The molecule has 1 aromatic heterocycles. The highest BCUT2D eigenvalue weighted by Crippen LogP contribution is 2.20. The molecule has 0 saturated heterocycles. The van der Waals surface area contributed by atoms with Crippen molar-refractivity contribution < 1.29 is 4.79 Å². The maximum absolute atomic E-state index is 12.4. The standard InChI is InChI=1S/C14H12BrIN2O/c1-18(9-11-4-2-3-7-17-11)14(19)12-8-10(15)5-6-13(12)16/h2-8H,9H2,1H3. The number of hydrogen-bond acceptors (Lipinski definition) is 2. The van der Waals surface area contributed by atoms with Gasteiger partial charge in [0.15, 0.2) is 0 Å². The lowest BCUT2D eigenvalue weighted by Crippen LogP contribution is -2.27. The van der Waals surface area contributed by atoms with Crippen molar-refractivity contribution in [1.29, 1.82) is 0 Å². The van der Waals surface area contributed by atoms with Crippen molar-refractivity contribution >= 4 is 44.4 Å². The van der Waals surface area contributed by atoms with Crippen LogP contribution in [-0.2, 0) is 6.54 Å². The van der Waals surface area contributed by atoms with Gasteiger partial charge in [0.2, 0.25) is 0 Å². The van der Waals surface area contributed by atoms with Gasteiger partial charge in [-0.3, -0.25) is 9.78 Å². The van der Waals surface area contributed by atoms with Crippen molar-refractivity contribution in [1.82, 2.24) is 9.88 Å². The van der Waals surface area contributed by atoms with Gasteiger partial charge in [-0.05, 0) is 52.9 Å². The minimum absolute atomic E-state index is 0.00338. The van der Waals surface area contributed by atoms with Crippen LogP contribution in [0.2, 0.25) is 0 Å². The molecule has 1 heterocycles. The Morgan fingerprint density at radius 2 is 2.16 bits per heavy atom. The van der Waals surface area contributed by atoms with Gasteiger partial charge in [0.1, 0.15) is 0 Å². The molecule has 2 aromatic rings. The zero-order valence-corrected chi connectivity index (χ0v) is 14.1. The average Bonchev–Trinajstić information content (AvgIpc) is 2.42. The van der Waals surface area contributed by atoms with Crippen LogP contribution < -0.4 is 0 Å². The zero-order chi connectivity index (χ0) is 13.8. The van der Waals surface area contributed by atoms with Crippen LogP contribution in [0.3, 0.4) is 0 Å². The van der Waals surface area contributed by atoms with E-state index < -0.39 is 0 Å². The van der Waals surface area contributed by atoms with Gasteiger partial charge in [-0.15, -0.1) is 0 Å². The predicted molar refractivity (Wildman–Crippen MR) is 86.9 cm³/mol. The Morgan fingerprint density at radius 1 is 1.37 bits per heavy atom. The fraction of sp³-hybridized carbons (Fsp3) is 0.143. The lowest BCUT2D eigenvalue weighted by Gasteiger charge is -2.17. The molecule has 1 amide bonds. The van der Waals surface area contributed by atoms with E-state index >= 15 is 0 Å². The Morgan fingerprint density at radius 3 is 2.84 bits per heavy atom. The van der Waals surface area contributed by atoms with E-state index in [9.17, 15) is 4.79 Å². The summed E-state index contributed by atoms with van der Waals surface area (Å²) < 4.78 is 1.85. The first-order valence-corrected chi connectivity index (χ1v) is 7.55. The maximum Gasteiger partial charge on any atom is 0.255 e. The van der Waals surface area contributed by atoms with Crippen LogP contribution in [0, 0.1) is 3.57 Å². The highest BCUT2D eigenvalue weighted by molar-refractivity contribution is 14.1. The van der Waals surface area contributed by atoms with E-state index in [2.05, 4.69) is 43.5 Å². The van der Waals surface area contributed by atoms with Crippen molar-refractivity contribution in [3.05, 3.63) is 61.9 Å². The molecule has 98 valence electrons. The molecule has 0 radical (unpaired) electrons. The molecule has 0 atom stereocenters. The van der Waals surface area contributed by atoms with E-state index in [4.69, 9.17) is 0 Å². The molecule has 0 saturated carbocycles. The molecular formula is C14H12BrIN2O. The summed E-state index contributed by atoms with van der Waals surface area (Å²) in [7, 11) is 1.79. The summed E-state index contributed by atoms with van der Waals surface area (Å²) in [4.78, 5) is 18.3. The third-order valence-corrected chi connectivity index (χ3v) is 4.06. The van der Waals surface area contributed by atoms with E-state index in [0.29, 0.717) is 12.1 Å². The zero-order valence-electron chi connectivity index (χ0n) is 10.3. The molecule has 5 heteroatoms. The second-order valence-electron chi connectivity index (χ2n) is 4.11. The monoisotopic (exact) mass is 430 g/mol. The van der Waals surface area contributed by atoms with Gasteiger partial charge >= 0.3 is 0 Å². The van der Waals surface area contributed by atoms with Gasteiger partial charge in [-0.25, -0.2) is 0 Å². The highest BCUT2D eigenvalue weighted by atomic mass is 127. The first-order valence-electron chi connectivity index (χ1n) is 5.68. The van der Waals surface area contributed by atoms with Gasteiger partial charge in [0, 0.05) is 21.3 Å².